The third kappa shape index (κ3) is 9.67. The van der Waals surface area contributed by atoms with Gasteiger partial charge in [-0.15, -0.1) is 0 Å². The summed E-state index contributed by atoms with van der Waals surface area (Å²) in [5.74, 6) is 0.756. The van der Waals surface area contributed by atoms with Crippen LogP contribution in [0.15, 0.2) is 42.5 Å². The van der Waals surface area contributed by atoms with Crippen LogP contribution in [-0.4, -0.2) is 83.1 Å². The second kappa shape index (κ2) is 15.4. The summed E-state index contributed by atoms with van der Waals surface area (Å²) >= 11 is 0. The lowest BCUT2D eigenvalue weighted by molar-refractivity contribution is -0.139. The van der Waals surface area contributed by atoms with Crippen LogP contribution in [0, 0.1) is 0 Å². The number of ether oxygens (including phenoxy) is 1. The lowest BCUT2D eigenvalue weighted by Gasteiger charge is -2.25. The van der Waals surface area contributed by atoms with E-state index in [1.165, 1.54) is 5.56 Å². The molecule has 0 bridgehead atoms. The average molecular weight is 554 g/mol. The predicted molar refractivity (Wildman–Crippen MR) is 154 cm³/mol. The number of fused-ring (bicyclic) bond motifs is 1. The van der Waals surface area contributed by atoms with Gasteiger partial charge in [0.15, 0.2) is 0 Å². The number of aromatic nitrogens is 1. The summed E-state index contributed by atoms with van der Waals surface area (Å²) in [5.41, 5.74) is 2.37. The van der Waals surface area contributed by atoms with Crippen LogP contribution < -0.4 is 20.7 Å². The van der Waals surface area contributed by atoms with Crippen LogP contribution in [-0.2, 0) is 17.6 Å². The van der Waals surface area contributed by atoms with Gasteiger partial charge in [-0.3, -0.25) is 4.90 Å². The molecular formula is C30H43N5O5. The molecule has 1 aliphatic carbocycles. The first-order valence-corrected chi connectivity index (χ1v) is 14.6. The third-order valence-electron chi connectivity index (χ3n) is 7.61. The van der Waals surface area contributed by atoms with E-state index in [9.17, 15) is 19.8 Å². The van der Waals surface area contributed by atoms with Gasteiger partial charge in [0.25, 0.3) is 0 Å². The lowest BCUT2D eigenvalue weighted by atomic mass is 10.1. The largest absolute Gasteiger partial charge is 0.492 e. The van der Waals surface area contributed by atoms with E-state index in [1.54, 1.807) is 0 Å². The van der Waals surface area contributed by atoms with Crippen LogP contribution >= 0.6 is 0 Å². The molecule has 1 aliphatic heterocycles. The van der Waals surface area contributed by atoms with Crippen molar-refractivity contribution in [3.05, 3.63) is 53.7 Å². The maximum Gasteiger partial charge on any atom is 0.326 e. The number of carbonyl (C=O) groups excluding carboxylic acids is 1. The molecular weight excluding hydrogens is 510 g/mol. The van der Waals surface area contributed by atoms with Gasteiger partial charge in [-0.05, 0) is 88.1 Å². The Balaban J connectivity index is 1.25. The fourth-order valence-electron chi connectivity index (χ4n) is 5.34. The van der Waals surface area contributed by atoms with Crippen molar-refractivity contribution >= 4 is 17.8 Å². The van der Waals surface area contributed by atoms with Gasteiger partial charge in [-0.1, -0.05) is 24.3 Å². The van der Waals surface area contributed by atoms with Gasteiger partial charge < -0.3 is 30.9 Å². The third-order valence-corrected chi connectivity index (χ3v) is 7.61. The number of aliphatic carboxylic acids is 1. The van der Waals surface area contributed by atoms with Crippen LogP contribution in [0.3, 0.4) is 0 Å². The molecule has 1 aromatic carbocycles. The number of anilines is 1. The van der Waals surface area contributed by atoms with Crippen LogP contribution in [0.5, 0.6) is 5.75 Å². The number of aliphatic hydroxyl groups is 1. The maximum atomic E-state index is 12.4. The Kier molecular flexibility index (Phi) is 11.4. The highest BCUT2D eigenvalue weighted by Gasteiger charge is 2.26. The summed E-state index contributed by atoms with van der Waals surface area (Å²) < 4.78 is 5.89. The SMILES string of the molecule is O=C(N[C@H]1CC[C@H](O)C1)N[C@@H](CCN(CCCCc1ccc2c(n1)NCCC2)CCOc1ccccc1)C(=O)O. The summed E-state index contributed by atoms with van der Waals surface area (Å²) in [6, 6.07) is 12.3. The van der Waals surface area contributed by atoms with Gasteiger partial charge >= 0.3 is 12.0 Å². The molecule has 10 heteroatoms. The summed E-state index contributed by atoms with van der Waals surface area (Å²) in [4.78, 5) is 31.3. The molecule has 218 valence electrons. The van der Waals surface area contributed by atoms with E-state index in [4.69, 9.17) is 9.72 Å². The number of para-hydroxylation sites is 1. The van der Waals surface area contributed by atoms with E-state index in [-0.39, 0.29) is 12.5 Å². The topological polar surface area (TPSA) is 136 Å². The van der Waals surface area contributed by atoms with Crippen molar-refractivity contribution < 1.29 is 24.5 Å². The molecule has 0 spiro atoms. The smallest absolute Gasteiger partial charge is 0.326 e. The number of carboxylic acid groups (broad SMARTS) is 1. The second-order valence-corrected chi connectivity index (χ2v) is 10.8. The molecule has 1 fully saturated rings. The Morgan fingerprint density at radius 2 is 1.95 bits per heavy atom. The molecule has 2 aromatic rings. The fourth-order valence-corrected chi connectivity index (χ4v) is 5.34. The molecule has 0 unspecified atom stereocenters. The zero-order valence-corrected chi connectivity index (χ0v) is 23.2. The van der Waals surface area contributed by atoms with Crippen molar-refractivity contribution in [3.63, 3.8) is 0 Å². The molecule has 0 saturated heterocycles. The van der Waals surface area contributed by atoms with E-state index in [0.29, 0.717) is 39.0 Å². The van der Waals surface area contributed by atoms with E-state index in [1.807, 2.05) is 30.3 Å². The quantitative estimate of drug-likeness (QED) is 0.212. The summed E-state index contributed by atoms with van der Waals surface area (Å²) in [7, 11) is 0. The summed E-state index contributed by atoms with van der Waals surface area (Å²) in [6.45, 7) is 3.41. The van der Waals surface area contributed by atoms with Gasteiger partial charge in [0.1, 0.15) is 24.2 Å². The standard InChI is InChI=1S/C30H43N5O5/c36-25-14-13-24(21-25)33-30(39)34-27(29(37)38)15-18-35(19-20-40-26-9-2-1-3-10-26)17-5-4-8-23-12-11-22-7-6-16-31-28(22)32-23/h1-3,9-12,24-25,27,36H,4-8,13-21H2,(H,31,32)(H,37,38)(H2,33,34,39)/t24-,25-,27-/m0/s1. The number of benzene rings is 1. The van der Waals surface area contributed by atoms with Gasteiger partial charge in [0.2, 0.25) is 0 Å². The molecule has 2 heterocycles. The van der Waals surface area contributed by atoms with Crippen molar-refractivity contribution in [1.29, 1.82) is 0 Å². The number of nitrogens with zero attached hydrogens (tertiary/aromatic N) is 2. The van der Waals surface area contributed by atoms with Gasteiger partial charge in [0.05, 0.1) is 6.10 Å². The van der Waals surface area contributed by atoms with Gasteiger partial charge in [0, 0.05) is 31.4 Å². The van der Waals surface area contributed by atoms with Crippen molar-refractivity contribution in [1.82, 2.24) is 20.5 Å². The van der Waals surface area contributed by atoms with Crippen LogP contribution in [0.1, 0.15) is 56.2 Å². The zero-order valence-electron chi connectivity index (χ0n) is 23.2. The minimum absolute atomic E-state index is 0.128. The van der Waals surface area contributed by atoms with Crippen LogP contribution in [0.2, 0.25) is 0 Å². The summed E-state index contributed by atoms with van der Waals surface area (Å²) in [5, 5.41) is 28.2. The number of hydrogen-bond donors (Lipinski definition) is 5. The Morgan fingerprint density at radius 3 is 2.73 bits per heavy atom. The molecule has 10 nitrogen and oxygen atoms in total. The van der Waals surface area contributed by atoms with Crippen molar-refractivity contribution in [2.24, 2.45) is 0 Å². The number of rotatable bonds is 15. The highest BCUT2D eigenvalue weighted by Crippen LogP contribution is 2.21. The molecule has 2 amide bonds. The van der Waals surface area contributed by atoms with Gasteiger partial charge in [-0.25, -0.2) is 14.6 Å². The number of amides is 2. The number of aliphatic hydroxyl groups excluding tert-OH is 1. The van der Waals surface area contributed by atoms with Crippen molar-refractivity contribution in [2.45, 2.75) is 76.0 Å². The minimum atomic E-state index is -1.06. The van der Waals surface area contributed by atoms with Crippen LogP contribution in [0.4, 0.5) is 10.6 Å². The van der Waals surface area contributed by atoms with E-state index < -0.39 is 24.1 Å². The molecule has 5 N–H and O–H groups in total. The van der Waals surface area contributed by atoms with Crippen LogP contribution in [0.25, 0.3) is 0 Å². The molecule has 1 saturated carbocycles. The summed E-state index contributed by atoms with van der Waals surface area (Å²) in [6.07, 6.45) is 6.72. The highest BCUT2D eigenvalue weighted by atomic mass is 16.5. The number of urea groups is 1. The highest BCUT2D eigenvalue weighted by molar-refractivity contribution is 5.82. The minimum Gasteiger partial charge on any atom is -0.492 e. The predicted octanol–water partition coefficient (Wildman–Crippen LogP) is 3.20. The van der Waals surface area contributed by atoms with Crippen molar-refractivity contribution in [2.75, 3.05) is 38.1 Å². The average Bonchev–Trinajstić information content (AvgIpc) is 3.37. The van der Waals surface area contributed by atoms with Gasteiger partial charge in [-0.2, -0.15) is 0 Å². The molecule has 4 rings (SSSR count). The fraction of sp³-hybridized carbons (Fsp3) is 0.567. The number of hydrogen-bond acceptors (Lipinski definition) is 7. The van der Waals surface area contributed by atoms with E-state index >= 15 is 0 Å². The first-order chi connectivity index (χ1) is 19.5. The second-order valence-electron chi connectivity index (χ2n) is 10.8. The number of unbranched alkanes of at least 4 members (excludes halogenated alkanes) is 1. The molecule has 1 aromatic heterocycles. The number of carboxylic acids is 1. The number of aryl methyl sites for hydroxylation is 2. The van der Waals surface area contributed by atoms with E-state index in [2.05, 4.69) is 33.0 Å². The zero-order chi connectivity index (χ0) is 28.2. The Bertz CT molecular complexity index is 1090. The monoisotopic (exact) mass is 553 g/mol. The number of nitrogens with one attached hydrogen (secondary N) is 3. The number of carbonyl (C=O) groups is 2. The Labute approximate surface area is 236 Å². The molecule has 0 radical (unpaired) electrons. The maximum absolute atomic E-state index is 12.4. The van der Waals surface area contributed by atoms with E-state index in [0.717, 1.165) is 62.5 Å². The normalized spacial score (nSPS) is 18.9. The molecule has 2 aliphatic rings. The molecule has 3 atom stereocenters. The van der Waals surface area contributed by atoms with Crippen molar-refractivity contribution in [3.8, 4) is 5.75 Å². The first-order valence-electron chi connectivity index (χ1n) is 14.6. The molecule has 40 heavy (non-hydrogen) atoms. The Hall–Kier alpha value is -3.37. The lowest BCUT2D eigenvalue weighted by Crippen LogP contribution is -2.49. The first kappa shape index (κ1) is 29.6. The number of pyridine rings is 1. The Morgan fingerprint density at radius 1 is 1.10 bits per heavy atom.